The SMILES string of the molecule is Cc1ncccc1-c1nnnn1CCC(C)C(=O)O. The van der Waals surface area contributed by atoms with Crippen molar-refractivity contribution in [3.05, 3.63) is 24.0 Å². The second kappa shape index (κ2) is 5.55. The van der Waals surface area contributed by atoms with Crippen LogP contribution in [0.25, 0.3) is 11.4 Å². The zero-order chi connectivity index (χ0) is 13.8. The van der Waals surface area contributed by atoms with E-state index in [1.165, 1.54) is 0 Å². The fourth-order valence-electron chi connectivity index (χ4n) is 1.71. The molecule has 0 aromatic carbocycles. The minimum absolute atomic E-state index is 0.424. The molecule has 0 spiro atoms. The number of aliphatic carboxylic acids is 1. The van der Waals surface area contributed by atoms with Crippen LogP contribution in [0.1, 0.15) is 19.0 Å². The lowest BCUT2D eigenvalue weighted by Gasteiger charge is -2.08. The molecule has 0 aliphatic rings. The average molecular weight is 261 g/mol. The lowest BCUT2D eigenvalue weighted by Crippen LogP contribution is -2.14. The molecule has 7 nitrogen and oxygen atoms in total. The number of carbonyl (C=O) groups is 1. The lowest BCUT2D eigenvalue weighted by atomic mass is 10.1. The highest BCUT2D eigenvalue weighted by Gasteiger charge is 2.15. The van der Waals surface area contributed by atoms with Crippen LogP contribution in [0.3, 0.4) is 0 Å². The Balaban J connectivity index is 2.19. The molecule has 0 aliphatic heterocycles. The zero-order valence-electron chi connectivity index (χ0n) is 10.8. The molecule has 0 saturated heterocycles. The van der Waals surface area contributed by atoms with E-state index in [-0.39, 0.29) is 0 Å². The molecular formula is C12H15N5O2. The van der Waals surface area contributed by atoms with Crippen molar-refractivity contribution in [1.29, 1.82) is 0 Å². The standard InChI is InChI=1S/C12H15N5O2/c1-8(12(18)19)5-7-17-11(14-15-16-17)10-4-3-6-13-9(10)2/h3-4,6,8H,5,7H2,1-2H3,(H,18,19). The van der Waals surface area contributed by atoms with Gasteiger partial charge in [0, 0.05) is 24.0 Å². The normalized spacial score (nSPS) is 12.3. The van der Waals surface area contributed by atoms with Gasteiger partial charge >= 0.3 is 5.97 Å². The second-order valence-corrected chi connectivity index (χ2v) is 4.39. The lowest BCUT2D eigenvalue weighted by molar-refractivity contribution is -0.141. The third-order valence-corrected chi connectivity index (χ3v) is 2.98. The van der Waals surface area contributed by atoms with Crippen LogP contribution in [0.2, 0.25) is 0 Å². The van der Waals surface area contributed by atoms with Crippen molar-refractivity contribution in [3.63, 3.8) is 0 Å². The van der Waals surface area contributed by atoms with E-state index in [0.717, 1.165) is 11.3 Å². The van der Waals surface area contributed by atoms with Gasteiger partial charge in [0.1, 0.15) is 0 Å². The van der Waals surface area contributed by atoms with Crippen LogP contribution < -0.4 is 0 Å². The molecule has 100 valence electrons. The van der Waals surface area contributed by atoms with Gasteiger partial charge in [-0.05, 0) is 35.9 Å². The van der Waals surface area contributed by atoms with E-state index in [9.17, 15) is 4.79 Å². The van der Waals surface area contributed by atoms with Crippen molar-refractivity contribution in [1.82, 2.24) is 25.2 Å². The van der Waals surface area contributed by atoms with Crippen molar-refractivity contribution in [2.24, 2.45) is 5.92 Å². The first kappa shape index (κ1) is 13.1. The average Bonchev–Trinajstić information content (AvgIpc) is 2.84. The number of aryl methyl sites for hydroxylation is 2. The third-order valence-electron chi connectivity index (χ3n) is 2.98. The number of nitrogens with zero attached hydrogens (tertiary/aromatic N) is 5. The molecule has 2 aromatic rings. The Morgan fingerprint density at radius 2 is 2.32 bits per heavy atom. The van der Waals surface area contributed by atoms with Crippen molar-refractivity contribution in [2.75, 3.05) is 0 Å². The first-order valence-electron chi connectivity index (χ1n) is 6.00. The highest BCUT2D eigenvalue weighted by molar-refractivity contribution is 5.69. The Morgan fingerprint density at radius 3 is 3.00 bits per heavy atom. The van der Waals surface area contributed by atoms with E-state index in [0.29, 0.717) is 18.8 Å². The summed E-state index contributed by atoms with van der Waals surface area (Å²) >= 11 is 0. The summed E-state index contributed by atoms with van der Waals surface area (Å²) in [5.41, 5.74) is 1.69. The van der Waals surface area contributed by atoms with Crippen molar-refractivity contribution >= 4 is 5.97 Å². The molecule has 0 bridgehead atoms. The van der Waals surface area contributed by atoms with Crippen LogP contribution in [0, 0.1) is 12.8 Å². The Hall–Kier alpha value is -2.31. The molecule has 0 radical (unpaired) electrons. The van der Waals surface area contributed by atoms with Crippen LogP contribution in [-0.2, 0) is 11.3 Å². The summed E-state index contributed by atoms with van der Waals surface area (Å²) in [6.07, 6.45) is 2.19. The summed E-state index contributed by atoms with van der Waals surface area (Å²) in [7, 11) is 0. The monoisotopic (exact) mass is 261 g/mol. The molecule has 0 amide bonds. The van der Waals surface area contributed by atoms with E-state index in [1.54, 1.807) is 17.8 Å². The van der Waals surface area contributed by atoms with E-state index in [4.69, 9.17) is 5.11 Å². The van der Waals surface area contributed by atoms with Crippen LogP contribution >= 0.6 is 0 Å². The highest BCUT2D eigenvalue weighted by atomic mass is 16.4. The van der Waals surface area contributed by atoms with Crippen molar-refractivity contribution in [2.45, 2.75) is 26.8 Å². The summed E-state index contributed by atoms with van der Waals surface area (Å²) < 4.78 is 1.61. The molecule has 7 heteroatoms. The number of carboxylic acids is 1. The van der Waals surface area contributed by atoms with Gasteiger partial charge in [0.25, 0.3) is 0 Å². The smallest absolute Gasteiger partial charge is 0.306 e. The predicted octanol–water partition coefficient (Wildman–Crippen LogP) is 1.15. The number of carboxylic acid groups (broad SMARTS) is 1. The number of hydrogen-bond acceptors (Lipinski definition) is 5. The van der Waals surface area contributed by atoms with Crippen LogP contribution in [-0.4, -0.2) is 36.3 Å². The summed E-state index contributed by atoms with van der Waals surface area (Å²) in [6.45, 7) is 4.01. The van der Waals surface area contributed by atoms with E-state index in [2.05, 4.69) is 20.5 Å². The van der Waals surface area contributed by atoms with Crippen molar-refractivity contribution < 1.29 is 9.90 Å². The van der Waals surface area contributed by atoms with E-state index >= 15 is 0 Å². The molecule has 0 aliphatic carbocycles. The van der Waals surface area contributed by atoms with Gasteiger partial charge in [-0.1, -0.05) is 6.92 Å². The second-order valence-electron chi connectivity index (χ2n) is 4.39. The Labute approximate surface area is 110 Å². The maximum atomic E-state index is 10.8. The fourth-order valence-corrected chi connectivity index (χ4v) is 1.71. The summed E-state index contributed by atoms with van der Waals surface area (Å²) in [4.78, 5) is 15.0. The van der Waals surface area contributed by atoms with Gasteiger partial charge in [0.2, 0.25) is 0 Å². The number of rotatable bonds is 5. The maximum Gasteiger partial charge on any atom is 0.306 e. The Morgan fingerprint density at radius 1 is 1.53 bits per heavy atom. The predicted molar refractivity (Wildman–Crippen MR) is 67.2 cm³/mol. The van der Waals surface area contributed by atoms with Crippen molar-refractivity contribution in [3.8, 4) is 11.4 Å². The number of pyridine rings is 1. The quantitative estimate of drug-likeness (QED) is 0.867. The molecular weight excluding hydrogens is 246 g/mol. The molecule has 2 heterocycles. The van der Waals surface area contributed by atoms with E-state index in [1.807, 2.05) is 19.1 Å². The molecule has 1 atom stereocenters. The molecule has 0 fully saturated rings. The topological polar surface area (TPSA) is 93.8 Å². The van der Waals surface area contributed by atoms with Gasteiger partial charge in [-0.2, -0.15) is 0 Å². The Bertz CT molecular complexity index is 581. The Kier molecular flexibility index (Phi) is 3.84. The van der Waals surface area contributed by atoms with Gasteiger partial charge in [-0.3, -0.25) is 9.78 Å². The molecule has 2 aromatic heterocycles. The first-order chi connectivity index (χ1) is 9.09. The molecule has 1 unspecified atom stereocenters. The number of tetrazole rings is 1. The van der Waals surface area contributed by atoms with Crippen LogP contribution in [0.5, 0.6) is 0 Å². The molecule has 19 heavy (non-hydrogen) atoms. The fraction of sp³-hybridized carbons (Fsp3) is 0.417. The highest BCUT2D eigenvalue weighted by Crippen LogP contribution is 2.18. The minimum Gasteiger partial charge on any atom is -0.481 e. The van der Waals surface area contributed by atoms with Crippen LogP contribution in [0.15, 0.2) is 18.3 Å². The number of aromatic nitrogens is 5. The zero-order valence-corrected chi connectivity index (χ0v) is 10.8. The van der Waals surface area contributed by atoms with Crippen LogP contribution in [0.4, 0.5) is 0 Å². The van der Waals surface area contributed by atoms with Gasteiger partial charge < -0.3 is 5.11 Å². The molecule has 2 rings (SSSR count). The minimum atomic E-state index is -0.813. The first-order valence-corrected chi connectivity index (χ1v) is 6.00. The van der Waals surface area contributed by atoms with Gasteiger partial charge in [0.15, 0.2) is 5.82 Å². The molecule has 1 N–H and O–H groups in total. The molecule has 0 saturated carbocycles. The summed E-state index contributed by atoms with van der Waals surface area (Å²) in [6, 6.07) is 3.71. The van der Waals surface area contributed by atoms with Gasteiger partial charge in [-0.15, -0.1) is 5.10 Å². The summed E-state index contributed by atoms with van der Waals surface area (Å²) in [5.74, 6) is -0.623. The van der Waals surface area contributed by atoms with E-state index < -0.39 is 11.9 Å². The van der Waals surface area contributed by atoms with Gasteiger partial charge in [-0.25, -0.2) is 4.68 Å². The third kappa shape index (κ3) is 2.93. The summed E-state index contributed by atoms with van der Waals surface area (Å²) in [5, 5.41) is 20.4. The number of hydrogen-bond donors (Lipinski definition) is 1. The largest absolute Gasteiger partial charge is 0.481 e. The maximum absolute atomic E-state index is 10.8. The van der Waals surface area contributed by atoms with Gasteiger partial charge in [0.05, 0.1) is 5.92 Å².